The molecule has 4 rings (SSSR count). The lowest BCUT2D eigenvalue weighted by atomic mass is 10.2. The number of hydrogen-bond acceptors (Lipinski definition) is 6. The third-order valence-corrected chi connectivity index (χ3v) is 5.82. The number of nitrogens with zero attached hydrogens (tertiary/aromatic N) is 4. The lowest BCUT2D eigenvalue weighted by Gasteiger charge is -2.32. The monoisotopic (exact) mass is 437 g/mol. The van der Waals surface area contributed by atoms with Crippen molar-refractivity contribution in [3.8, 4) is 11.5 Å². The summed E-state index contributed by atoms with van der Waals surface area (Å²) < 4.78 is 12.9. The van der Waals surface area contributed by atoms with Crippen molar-refractivity contribution in [1.29, 1.82) is 0 Å². The maximum absolute atomic E-state index is 12.4. The summed E-state index contributed by atoms with van der Waals surface area (Å²) in [5, 5.41) is 2.91. The number of methoxy groups -OCH3 is 1. The first-order chi connectivity index (χ1) is 15.6. The molecular weight excluding hydrogens is 406 g/mol. The van der Waals surface area contributed by atoms with Gasteiger partial charge in [0.25, 0.3) is 5.91 Å². The molecule has 0 saturated carbocycles. The number of aryl methyl sites for hydroxylation is 1. The van der Waals surface area contributed by atoms with Gasteiger partial charge in [0.15, 0.2) is 6.61 Å². The molecule has 3 aromatic rings. The van der Waals surface area contributed by atoms with E-state index in [0.717, 1.165) is 61.9 Å². The average Bonchev–Trinajstić information content (AvgIpc) is 3.15. The van der Waals surface area contributed by atoms with E-state index in [-0.39, 0.29) is 12.5 Å². The Morgan fingerprint density at radius 1 is 1.06 bits per heavy atom. The first-order valence-electron chi connectivity index (χ1n) is 11.0. The van der Waals surface area contributed by atoms with Crippen LogP contribution in [0.5, 0.6) is 11.5 Å². The largest absolute Gasteiger partial charge is 0.497 e. The molecule has 0 spiro atoms. The third-order valence-electron chi connectivity index (χ3n) is 5.82. The second-order valence-corrected chi connectivity index (χ2v) is 8.07. The van der Waals surface area contributed by atoms with Crippen LogP contribution in [0.25, 0.3) is 11.0 Å². The zero-order chi connectivity index (χ0) is 22.5. The lowest BCUT2D eigenvalue weighted by molar-refractivity contribution is -0.118. The van der Waals surface area contributed by atoms with Crippen molar-refractivity contribution in [2.75, 3.05) is 52.3 Å². The highest BCUT2D eigenvalue weighted by atomic mass is 16.5. The minimum atomic E-state index is -0.215. The molecular formula is C24H31N5O3. The van der Waals surface area contributed by atoms with Gasteiger partial charge in [-0.15, -0.1) is 0 Å². The first-order valence-corrected chi connectivity index (χ1v) is 11.0. The molecule has 0 radical (unpaired) electrons. The molecule has 0 unspecified atom stereocenters. The Morgan fingerprint density at radius 3 is 2.47 bits per heavy atom. The first kappa shape index (κ1) is 22.1. The fraction of sp³-hybridized carbons (Fsp3) is 0.417. The number of nitrogens with one attached hydrogen (secondary N) is 1. The molecule has 1 aliphatic heterocycles. The van der Waals surface area contributed by atoms with Crippen molar-refractivity contribution in [2.24, 2.45) is 0 Å². The van der Waals surface area contributed by atoms with Crippen LogP contribution in [0, 0.1) is 0 Å². The highest BCUT2D eigenvalue weighted by Crippen LogP contribution is 2.22. The van der Waals surface area contributed by atoms with Gasteiger partial charge in [-0.05, 0) is 56.4 Å². The number of fused-ring (bicyclic) bond motifs is 1. The van der Waals surface area contributed by atoms with Crippen molar-refractivity contribution in [1.82, 2.24) is 19.4 Å². The zero-order valence-electron chi connectivity index (χ0n) is 19.0. The van der Waals surface area contributed by atoms with Crippen LogP contribution in [-0.2, 0) is 17.9 Å². The van der Waals surface area contributed by atoms with Gasteiger partial charge in [0, 0.05) is 38.4 Å². The normalized spacial score (nSPS) is 15.1. The van der Waals surface area contributed by atoms with Gasteiger partial charge < -0.3 is 24.3 Å². The lowest BCUT2D eigenvalue weighted by Crippen LogP contribution is -2.44. The number of ether oxygens (including phenoxy) is 2. The van der Waals surface area contributed by atoms with Gasteiger partial charge in [-0.1, -0.05) is 0 Å². The third kappa shape index (κ3) is 5.20. The highest BCUT2D eigenvalue weighted by molar-refractivity contribution is 5.94. The van der Waals surface area contributed by atoms with E-state index in [1.165, 1.54) is 0 Å². The predicted molar refractivity (Wildman–Crippen MR) is 125 cm³/mol. The summed E-state index contributed by atoms with van der Waals surface area (Å²) in [6, 6.07) is 13.0. The Balaban J connectivity index is 1.40. The molecule has 2 heterocycles. The number of rotatable bonds is 8. The van der Waals surface area contributed by atoms with Gasteiger partial charge in [0.05, 0.1) is 24.7 Å². The van der Waals surface area contributed by atoms with Crippen molar-refractivity contribution >= 4 is 22.6 Å². The second-order valence-electron chi connectivity index (χ2n) is 8.07. The molecule has 1 N–H and O–H groups in total. The van der Waals surface area contributed by atoms with E-state index in [1.54, 1.807) is 31.4 Å². The zero-order valence-corrected chi connectivity index (χ0v) is 19.0. The Labute approximate surface area is 188 Å². The van der Waals surface area contributed by atoms with Crippen LogP contribution in [-0.4, -0.2) is 72.2 Å². The van der Waals surface area contributed by atoms with Gasteiger partial charge in [-0.2, -0.15) is 0 Å². The Hall–Kier alpha value is -3.10. The maximum Gasteiger partial charge on any atom is 0.262 e. The van der Waals surface area contributed by atoms with Crippen LogP contribution in [0.3, 0.4) is 0 Å². The SMILES string of the molecule is CCn1c(CN2CCN(C)CC2)nc2cc(NC(=O)COc3ccc(OC)cc3)ccc21. The van der Waals surface area contributed by atoms with Gasteiger partial charge in [-0.3, -0.25) is 9.69 Å². The summed E-state index contributed by atoms with van der Waals surface area (Å²) in [6.07, 6.45) is 0. The number of hydrogen-bond donors (Lipinski definition) is 1. The summed E-state index contributed by atoms with van der Waals surface area (Å²) in [6.45, 7) is 8.05. The van der Waals surface area contributed by atoms with E-state index in [9.17, 15) is 4.79 Å². The van der Waals surface area contributed by atoms with Crippen LogP contribution in [0.2, 0.25) is 0 Å². The highest BCUT2D eigenvalue weighted by Gasteiger charge is 2.18. The molecule has 2 aromatic carbocycles. The van der Waals surface area contributed by atoms with E-state index in [4.69, 9.17) is 14.5 Å². The number of carbonyl (C=O) groups excluding carboxylic acids is 1. The van der Waals surface area contributed by atoms with Gasteiger partial charge in [0.1, 0.15) is 17.3 Å². The molecule has 1 amide bonds. The summed E-state index contributed by atoms with van der Waals surface area (Å²) in [4.78, 5) is 22.1. The molecule has 8 nitrogen and oxygen atoms in total. The maximum atomic E-state index is 12.4. The Morgan fingerprint density at radius 2 is 1.78 bits per heavy atom. The van der Waals surface area contributed by atoms with Crippen molar-refractivity contribution < 1.29 is 14.3 Å². The van der Waals surface area contributed by atoms with Crippen LogP contribution in [0.4, 0.5) is 5.69 Å². The van der Waals surface area contributed by atoms with Gasteiger partial charge in [-0.25, -0.2) is 4.98 Å². The van der Waals surface area contributed by atoms with E-state index in [2.05, 4.69) is 33.7 Å². The fourth-order valence-electron chi connectivity index (χ4n) is 3.95. The number of anilines is 1. The number of likely N-dealkylation sites (N-methyl/N-ethyl adjacent to an activating group) is 1. The van der Waals surface area contributed by atoms with Crippen molar-refractivity contribution in [2.45, 2.75) is 20.0 Å². The summed E-state index contributed by atoms with van der Waals surface area (Å²) in [5.41, 5.74) is 2.70. The Bertz CT molecular complexity index is 1060. The standard InChI is InChI=1S/C24H31N5O3/c1-4-29-22-10-5-18(25-24(30)17-32-20-8-6-19(31-3)7-9-20)15-21(22)26-23(29)16-28-13-11-27(2)12-14-28/h5-10,15H,4,11-14,16-17H2,1-3H3,(H,25,30). The van der Waals surface area contributed by atoms with Crippen LogP contribution in [0.1, 0.15) is 12.7 Å². The molecule has 1 aliphatic rings. The molecule has 8 heteroatoms. The number of benzene rings is 2. The van der Waals surface area contributed by atoms with Gasteiger partial charge >= 0.3 is 0 Å². The number of piperazine rings is 1. The summed E-state index contributed by atoms with van der Waals surface area (Å²) in [5.74, 6) is 2.21. The molecule has 0 aliphatic carbocycles. The van der Waals surface area contributed by atoms with Crippen molar-refractivity contribution in [3.63, 3.8) is 0 Å². The van der Waals surface area contributed by atoms with E-state index in [1.807, 2.05) is 18.2 Å². The predicted octanol–water partition coefficient (Wildman–Crippen LogP) is 2.83. The topological polar surface area (TPSA) is 71.9 Å². The molecule has 1 fully saturated rings. The van der Waals surface area contributed by atoms with Crippen LogP contribution in [0.15, 0.2) is 42.5 Å². The average molecular weight is 438 g/mol. The summed E-state index contributed by atoms with van der Waals surface area (Å²) >= 11 is 0. The quantitative estimate of drug-likeness (QED) is 0.584. The van der Waals surface area contributed by atoms with Crippen LogP contribution >= 0.6 is 0 Å². The minimum absolute atomic E-state index is 0.0670. The van der Waals surface area contributed by atoms with Crippen molar-refractivity contribution in [3.05, 3.63) is 48.3 Å². The second kappa shape index (κ2) is 10.0. The molecule has 1 saturated heterocycles. The molecule has 0 bridgehead atoms. The van der Waals surface area contributed by atoms with E-state index >= 15 is 0 Å². The van der Waals surface area contributed by atoms with Gasteiger partial charge in [0.2, 0.25) is 0 Å². The number of aromatic nitrogens is 2. The fourth-order valence-corrected chi connectivity index (χ4v) is 3.95. The van der Waals surface area contributed by atoms with E-state index in [0.29, 0.717) is 11.4 Å². The summed E-state index contributed by atoms with van der Waals surface area (Å²) in [7, 11) is 3.77. The minimum Gasteiger partial charge on any atom is -0.497 e. The molecule has 170 valence electrons. The molecule has 0 atom stereocenters. The number of imidazole rings is 1. The Kier molecular flexibility index (Phi) is 6.92. The molecule has 1 aromatic heterocycles. The number of carbonyl (C=O) groups is 1. The van der Waals surface area contributed by atoms with Crippen LogP contribution < -0.4 is 14.8 Å². The molecule has 32 heavy (non-hydrogen) atoms. The van der Waals surface area contributed by atoms with E-state index < -0.39 is 0 Å². The smallest absolute Gasteiger partial charge is 0.262 e. The number of amides is 1.